The van der Waals surface area contributed by atoms with Crippen molar-refractivity contribution in [2.24, 2.45) is 0 Å². The van der Waals surface area contributed by atoms with E-state index in [4.69, 9.17) is 0 Å². The molecule has 0 atom stereocenters. The van der Waals surface area contributed by atoms with Gasteiger partial charge in [0, 0.05) is 19.2 Å². The summed E-state index contributed by atoms with van der Waals surface area (Å²) in [5, 5.41) is 3.10. The molecule has 0 unspecified atom stereocenters. The second kappa shape index (κ2) is 5.33. The van der Waals surface area contributed by atoms with Crippen LogP contribution in [0.1, 0.15) is 11.4 Å². The van der Waals surface area contributed by atoms with Crippen LogP contribution in [0, 0.1) is 5.82 Å². The predicted octanol–water partition coefficient (Wildman–Crippen LogP) is 3.53. The number of aromatic amines is 1. The summed E-state index contributed by atoms with van der Waals surface area (Å²) < 4.78 is 13.1. The number of rotatable bonds is 4. The predicted molar refractivity (Wildman–Crippen MR) is 79.4 cm³/mol. The lowest BCUT2D eigenvalue weighted by atomic mass is 10.1. The SMILES string of the molecule is CNc1ccc2nc(CCc3cccc(F)c3)[nH]c2c1. The lowest BCUT2D eigenvalue weighted by Gasteiger charge is -1.99. The first-order chi connectivity index (χ1) is 9.74. The maximum absolute atomic E-state index is 13.1. The van der Waals surface area contributed by atoms with Crippen molar-refractivity contribution in [1.29, 1.82) is 0 Å². The second-order valence-corrected chi connectivity index (χ2v) is 4.80. The van der Waals surface area contributed by atoms with Gasteiger partial charge in [0.1, 0.15) is 11.6 Å². The van der Waals surface area contributed by atoms with Crippen LogP contribution in [0.5, 0.6) is 0 Å². The van der Waals surface area contributed by atoms with Crippen molar-refractivity contribution in [3.05, 3.63) is 59.7 Å². The zero-order valence-corrected chi connectivity index (χ0v) is 11.3. The van der Waals surface area contributed by atoms with Crippen molar-refractivity contribution >= 4 is 16.7 Å². The maximum atomic E-state index is 13.1. The fraction of sp³-hybridized carbons (Fsp3) is 0.188. The Balaban J connectivity index is 1.77. The number of H-pyrrole nitrogens is 1. The van der Waals surface area contributed by atoms with Gasteiger partial charge in [-0.25, -0.2) is 9.37 Å². The molecule has 0 spiro atoms. The molecule has 0 fully saturated rings. The van der Waals surface area contributed by atoms with E-state index in [2.05, 4.69) is 15.3 Å². The van der Waals surface area contributed by atoms with Crippen LogP contribution in [-0.2, 0) is 12.8 Å². The Labute approximate surface area is 116 Å². The smallest absolute Gasteiger partial charge is 0.123 e. The number of aryl methyl sites for hydroxylation is 2. The van der Waals surface area contributed by atoms with E-state index in [0.717, 1.165) is 41.0 Å². The number of nitrogens with one attached hydrogen (secondary N) is 2. The number of imidazole rings is 1. The molecule has 1 aromatic heterocycles. The summed E-state index contributed by atoms with van der Waals surface area (Å²) in [6.45, 7) is 0. The van der Waals surface area contributed by atoms with Crippen LogP contribution in [-0.4, -0.2) is 17.0 Å². The molecule has 0 radical (unpaired) electrons. The zero-order chi connectivity index (χ0) is 13.9. The number of nitrogens with zero attached hydrogens (tertiary/aromatic N) is 1. The van der Waals surface area contributed by atoms with Crippen molar-refractivity contribution < 1.29 is 4.39 Å². The third-order valence-electron chi connectivity index (χ3n) is 3.36. The average molecular weight is 269 g/mol. The molecule has 0 aliphatic heterocycles. The van der Waals surface area contributed by atoms with Gasteiger partial charge < -0.3 is 10.3 Å². The molecule has 3 nitrogen and oxygen atoms in total. The minimum Gasteiger partial charge on any atom is -0.388 e. The van der Waals surface area contributed by atoms with Gasteiger partial charge in [-0.1, -0.05) is 12.1 Å². The maximum Gasteiger partial charge on any atom is 0.123 e. The van der Waals surface area contributed by atoms with Crippen LogP contribution < -0.4 is 5.32 Å². The van der Waals surface area contributed by atoms with Crippen LogP contribution in [0.25, 0.3) is 11.0 Å². The third-order valence-corrected chi connectivity index (χ3v) is 3.36. The van der Waals surface area contributed by atoms with Gasteiger partial charge in [0.25, 0.3) is 0 Å². The van der Waals surface area contributed by atoms with Crippen molar-refractivity contribution in [2.45, 2.75) is 12.8 Å². The molecular formula is C16H16FN3. The van der Waals surface area contributed by atoms with E-state index < -0.39 is 0 Å². The van der Waals surface area contributed by atoms with Crippen LogP contribution in [0.4, 0.5) is 10.1 Å². The topological polar surface area (TPSA) is 40.7 Å². The fourth-order valence-corrected chi connectivity index (χ4v) is 2.29. The number of hydrogen-bond acceptors (Lipinski definition) is 2. The molecular weight excluding hydrogens is 253 g/mol. The minimum absolute atomic E-state index is 0.189. The van der Waals surface area contributed by atoms with Gasteiger partial charge in [0.15, 0.2) is 0 Å². The van der Waals surface area contributed by atoms with E-state index in [9.17, 15) is 4.39 Å². The van der Waals surface area contributed by atoms with Gasteiger partial charge in [0.2, 0.25) is 0 Å². The largest absolute Gasteiger partial charge is 0.388 e. The van der Waals surface area contributed by atoms with Gasteiger partial charge in [-0.05, 0) is 42.3 Å². The fourth-order valence-electron chi connectivity index (χ4n) is 2.29. The Kier molecular flexibility index (Phi) is 3.37. The van der Waals surface area contributed by atoms with E-state index in [-0.39, 0.29) is 5.82 Å². The average Bonchev–Trinajstić information content (AvgIpc) is 2.87. The van der Waals surface area contributed by atoms with Gasteiger partial charge >= 0.3 is 0 Å². The number of anilines is 1. The van der Waals surface area contributed by atoms with E-state index in [1.807, 2.05) is 31.3 Å². The van der Waals surface area contributed by atoms with E-state index in [1.54, 1.807) is 12.1 Å². The Bertz CT molecular complexity index is 733. The van der Waals surface area contributed by atoms with Crippen LogP contribution in [0.2, 0.25) is 0 Å². The molecule has 0 aliphatic rings. The highest BCUT2D eigenvalue weighted by Crippen LogP contribution is 2.17. The third kappa shape index (κ3) is 2.64. The Morgan fingerprint density at radius 2 is 2.05 bits per heavy atom. The monoisotopic (exact) mass is 269 g/mol. The summed E-state index contributed by atoms with van der Waals surface area (Å²) in [6, 6.07) is 12.7. The number of aromatic nitrogens is 2. The Morgan fingerprint density at radius 3 is 2.85 bits per heavy atom. The van der Waals surface area contributed by atoms with Crippen molar-refractivity contribution in [2.75, 3.05) is 12.4 Å². The van der Waals surface area contributed by atoms with E-state index in [0.29, 0.717) is 0 Å². The molecule has 102 valence electrons. The van der Waals surface area contributed by atoms with Crippen LogP contribution in [0.3, 0.4) is 0 Å². The van der Waals surface area contributed by atoms with Crippen molar-refractivity contribution in [3.8, 4) is 0 Å². The van der Waals surface area contributed by atoms with Crippen molar-refractivity contribution in [3.63, 3.8) is 0 Å². The standard InChI is InChI=1S/C16H16FN3/c1-18-13-6-7-14-15(10-13)20-16(19-14)8-5-11-3-2-4-12(17)9-11/h2-4,6-7,9-10,18H,5,8H2,1H3,(H,19,20). The summed E-state index contributed by atoms with van der Waals surface area (Å²) in [6.07, 6.45) is 1.55. The molecule has 3 aromatic rings. The van der Waals surface area contributed by atoms with Gasteiger partial charge in [-0.15, -0.1) is 0 Å². The van der Waals surface area contributed by atoms with Crippen molar-refractivity contribution in [1.82, 2.24) is 9.97 Å². The molecule has 0 aliphatic carbocycles. The minimum atomic E-state index is -0.189. The molecule has 1 heterocycles. The first kappa shape index (κ1) is 12.7. The highest BCUT2D eigenvalue weighted by molar-refractivity contribution is 5.79. The zero-order valence-electron chi connectivity index (χ0n) is 11.3. The highest BCUT2D eigenvalue weighted by atomic mass is 19.1. The highest BCUT2D eigenvalue weighted by Gasteiger charge is 2.04. The van der Waals surface area contributed by atoms with Crippen LogP contribution >= 0.6 is 0 Å². The first-order valence-electron chi connectivity index (χ1n) is 6.65. The van der Waals surface area contributed by atoms with Gasteiger partial charge in [-0.3, -0.25) is 0 Å². The van der Waals surface area contributed by atoms with Crippen LogP contribution in [0.15, 0.2) is 42.5 Å². The number of hydrogen-bond donors (Lipinski definition) is 2. The molecule has 2 N–H and O–H groups in total. The molecule has 0 bridgehead atoms. The Hall–Kier alpha value is -2.36. The first-order valence-corrected chi connectivity index (χ1v) is 6.65. The summed E-state index contributed by atoms with van der Waals surface area (Å²) in [5.41, 5.74) is 4.02. The lowest BCUT2D eigenvalue weighted by molar-refractivity contribution is 0.625. The van der Waals surface area contributed by atoms with Gasteiger partial charge in [0.05, 0.1) is 11.0 Å². The molecule has 3 rings (SSSR count). The molecule has 0 amide bonds. The summed E-state index contributed by atoms with van der Waals surface area (Å²) >= 11 is 0. The van der Waals surface area contributed by atoms with E-state index >= 15 is 0 Å². The molecule has 20 heavy (non-hydrogen) atoms. The summed E-state index contributed by atoms with van der Waals surface area (Å²) in [5.74, 6) is 0.739. The Morgan fingerprint density at radius 1 is 1.15 bits per heavy atom. The van der Waals surface area contributed by atoms with Gasteiger partial charge in [-0.2, -0.15) is 0 Å². The van der Waals surface area contributed by atoms with E-state index in [1.165, 1.54) is 6.07 Å². The molecule has 0 saturated carbocycles. The molecule has 4 heteroatoms. The number of fused-ring (bicyclic) bond motifs is 1. The summed E-state index contributed by atoms with van der Waals surface area (Å²) in [7, 11) is 1.89. The molecule has 2 aromatic carbocycles. The molecule has 0 saturated heterocycles. The number of benzene rings is 2. The second-order valence-electron chi connectivity index (χ2n) is 4.80. The lowest BCUT2D eigenvalue weighted by Crippen LogP contribution is -1.93. The normalized spacial score (nSPS) is 10.9. The quantitative estimate of drug-likeness (QED) is 0.760. The number of halogens is 1. The summed E-state index contributed by atoms with van der Waals surface area (Å²) in [4.78, 5) is 7.86.